The Kier molecular flexibility index (Phi) is 17.5. The number of piperazine rings is 2. The van der Waals surface area contributed by atoms with E-state index < -0.39 is 17.2 Å². The number of benzene rings is 3. The first-order chi connectivity index (χ1) is 42.1. The molecule has 25 heteroatoms. The van der Waals surface area contributed by atoms with Crippen LogP contribution in [0.4, 0.5) is 14.5 Å². The van der Waals surface area contributed by atoms with Crippen molar-refractivity contribution in [3.8, 4) is 22.5 Å². The minimum Gasteiger partial charge on any atom is -0.441 e. The number of fused-ring (bicyclic) bond motifs is 6. The Morgan fingerprint density at radius 1 is 0.500 bits per heavy atom. The number of aromatic nitrogens is 9. The summed E-state index contributed by atoms with van der Waals surface area (Å²) in [5.74, 6) is 0.895. The minimum atomic E-state index is -0.487. The highest BCUT2D eigenvalue weighted by Gasteiger charge is 2.51. The van der Waals surface area contributed by atoms with Crippen molar-refractivity contribution in [2.45, 2.75) is 59.7 Å². The van der Waals surface area contributed by atoms with Gasteiger partial charge in [0.25, 0.3) is 16.7 Å². The van der Waals surface area contributed by atoms with E-state index in [0.717, 1.165) is 120 Å². The lowest BCUT2D eigenvalue weighted by atomic mass is 9.79. The van der Waals surface area contributed by atoms with Gasteiger partial charge in [0.15, 0.2) is 34.4 Å². The van der Waals surface area contributed by atoms with Crippen molar-refractivity contribution >= 4 is 80.1 Å². The molecule has 88 heavy (non-hydrogen) atoms. The Morgan fingerprint density at radius 3 is 1.40 bits per heavy atom. The van der Waals surface area contributed by atoms with Crippen molar-refractivity contribution in [3.63, 3.8) is 0 Å². The Bertz CT molecular complexity index is 4700. The summed E-state index contributed by atoms with van der Waals surface area (Å²) in [6, 6.07) is 30.4. The zero-order chi connectivity index (χ0) is 62.0. The topological polar surface area (TPSA) is 230 Å². The van der Waals surface area contributed by atoms with Gasteiger partial charge in [0, 0.05) is 121 Å². The largest absolute Gasteiger partial charge is 0.494 e. The number of nitrogens with one attached hydrogen (secondary N) is 2. The number of rotatable bonds is 4. The number of hydrogen-bond donors (Lipinski definition) is 2. The summed E-state index contributed by atoms with van der Waals surface area (Å²) < 4.78 is 58.5. The Hall–Kier alpha value is -9.04. The van der Waals surface area contributed by atoms with Gasteiger partial charge in [-0.05, 0) is 113 Å². The second-order valence-corrected chi connectivity index (χ2v) is 22.7. The number of aryl methyl sites for hydroxylation is 3. The van der Waals surface area contributed by atoms with Crippen LogP contribution in [0.25, 0.3) is 72.8 Å². The highest BCUT2D eigenvalue weighted by Crippen LogP contribution is 2.37. The molecular formula is C63H63BClF2N13O8. The molecule has 12 heterocycles. The molecule has 0 bridgehead atoms. The maximum absolute atomic E-state index is 13.2. The molecule has 9 aromatic heterocycles. The number of oxazole rings is 3. The third-order valence-electron chi connectivity index (χ3n) is 15.3. The molecule has 3 aromatic carbocycles. The predicted molar refractivity (Wildman–Crippen MR) is 335 cm³/mol. The van der Waals surface area contributed by atoms with E-state index in [1.165, 1.54) is 34.7 Å². The molecule has 21 nitrogen and oxygen atoms in total. The van der Waals surface area contributed by atoms with Gasteiger partial charge in [-0.3, -0.25) is 27.6 Å². The third-order valence-corrected chi connectivity index (χ3v) is 15.5. The number of halogens is 3. The summed E-state index contributed by atoms with van der Waals surface area (Å²) in [4.78, 5) is 66.5. The van der Waals surface area contributed by atoms with E-state index in [9.17, 15) is 23.2 Å². The predicted octanol–water partition coefficient (Wildman–Crippen LogP) is 8.61. The quantitative estimate of drug-likeness (QED) is 0.124. The molecule has 2 N–H and O–H groups in total. The summed E-state index contributed by atoms with van der Waals surface area (Å²) in [6.45, 7) is 22.1. The average molecular weight is 1210 g/mol. The molecule has 0 amide bonds. The van der Waals surface area contributed by atoms with Gasteiger partial charge in [0.2, 0.25) is 0 Å². The number of nitrogens with zero attached hydrogens (tertiary/aromatic N) is 11. The van der Waals surface area contributed by atoms with Crippen LogP contribution in [-0.4, -0.2) is 126 Å². The van der Waals surface area contributed by atoms with Gasteiger partial charge in [-0.15, -0.1) is 0 Å². The SMILES string of the molecule is C1CNCCN1.Cc1nc2ccc(-c3cc(=O)n4cc(F)ccc4n3)cc2o1.Cc1nc2ccc(-c3cc(=O)n4cc(N5CCN(C)CC5)ccc4n3)cc2o1.Cc1nc2ccc(B3OC(C)(C)C(C)(C)O3)cc2o1.O=c1cc(Cl)nc2ccc(F)cn12. The molecule has 12 aromatic rings. The lowest BCUT2D eigenvalue weighted by Gasteiger charge is -2.34. The third kappa shape index (κ3) is 13.7. The minimum absolute atomic E-state index is 0.0928. The monoisotopic (exact) mass is 1210 g/mol. The molecule has 0 radical (unpaired) electrons. The van der Waals surface area contributed by atoms with Gasteiger partial charge in [0.05, 0.1) is 28.3 Å². The lowest BCUT2D eigenvalue weighted by Crippen LogP contribution is -2.44. The van der Waals surface area contributed by atoms with Crippen molar-refractivity contribution in [2.75, 3.05) is 64.3 Å². The van der Waals surface area contributed by atoms with Gasteiger partial charge in [0.1, 0.15) is 50.3 Å². The highest BCUT2D eigenvalue weighted by atomic mass is 35.5. The summed E-state index contributed by atoms with van der Waals surface area (Å²) >= 11 is 5.55. The molecule has 0 aliphatic carbocycles. The molecule has 3 fully saturated rings. The van der Waals surface area contributed by atoms with Crippen molar-refractivity contribution in [3.05, 3.63) is 193 Å². The van der Waals surface area contributed by atoms with E-state index in [1.807, 2.05) is 108 Å². The summed E-state index contributed by atoms with van der Waals surface area (Å²) in [7, 11) is 1.77. The molecule has 0 spiro atoms. The zero-order valence-corrected chi connectivity index (χ0v) is 50.4. The van der Waals surface area contributed by atoms with Gasteiger partial charge < -0.3 is 43.0 Å². The fourth-order valence-corrected chi connectivity index (χ4v) is 10.1. The standard InChI is InChI=1S/C21H21N5O2.C16H10FN3O2.C14H18BNO3.C8H4ClFN2O.C4H10N2/c1-14-22-17-5-3-15(11-19(17)28-14)18-12-21(27)26-13-16(4-6-20(26)23-18)25-9-7-24(2)8-10-25;1-9-18-12-4-2-10(6-14(12)22-9)13-7-16(21)20-8-11(17)3-5-15(20)19-13;1-9-16-11-7-6-10(8-12(11)17-9)15-18-13(2,3)14(4,5)19-15;9-6-3-8(13)12-4-5(10)1-2-7(12)11-6;1-2-6-4-3-5-1/h3-6,11-13H,7-10H2,1-2H3;2-8H,1H3;6-8H,1-5H3;1-4H;5-6H,1-4H2. The molecule has 0 saturated carbocycles. The summed E-state index contributed by atoms with van der Waals surface area (Å²) in [6.07, 6.45) is 4.08. The van der Waals surface area contributed by atoms with E-state index in [2.05, 4.69) is 52.4 Å². The van der Waals surface area contributed by atoms with Crippen molar-refractivity contribution < 1.29 is 31.3 Å². The second-order valence-electron chi connectivity index (χ2n) is 22.3. The van der Waals surface area contributed by atoms with Crippen LogP contribution in [0.1, 0.15) is 45.4 Å². The number of anilines is 1. The van der Waals surface area contributed by atoms with Gasteiger partial charge in [-0.1, -0.05) is 29.8 Å². The van der Waals surface area contributed by atoms with Crippen LogP contribution in [0.3, 0.4) is 0 Å². The fraction of sp³-hybridized carbons (Fsp3) is 0.286. The molecular weight excluding hydrogens is 1150 g/mol. The Labute approximate surface area is 507 Å². The highest BCUT2D eigenvalue weighted by molar-refractivity contribution is 6.62. The van der Waals surface area contributed by atoms with E-state index in [4.69, 9.17) is 39.1 Å². The van der Waals surface area contributed by atoms with Crippen LogP contribution >= 0.6 is 11.6 Å². The van der Waals surface area contributed by atoms with Crippen molar-refractivity contribution in [2.24, 2.45) is 0 Å². The molecule has 3 aliphatic rings. The number of likely N-dealkylation sites (N-methyl/N-ethyl adjacent to an activating group) is 1. The van der Waals surface area contributed by atoms with Crippen LogP contribution in [0.5, 0.6) is 0 Å². The lowest BCUT2D eigenvalue weighted by molar-refractivity contribution is 0.00578. The second kappa shape index (κ2) is 25.4. The molecule has 0 unspecified atom stereocenters. The van der Waals surface area contributed by atoms with E-state index in [0.29, 0.717) is 57.2 Å². The normalized spacial score (nSPS) is 15.6. The molecule has 0 atom stereocenters. The van der Waals surface area contributed by atoms with Crippen LogP contribution in [0.15, 0.2) is 155 Å². The van der Waals surface area contributed by atoms with Gasteiger partial charge in [-0.2, -0.15) is 0 Å². The molecule has 3 saturated heterocycles. The van der Waals surface area contributed by atoms with Gasteiger partial charge >= 0.3 is 7.12 Å². The van der Waals surface area contributed by atoms with Crippen LogP contribution in [-0.2, 0) is 9.31 Å². The Balaban J connectivity index is 0.000000121. The van der Waals surface area contributed by atoms with E-state index in [1.54, 1.807) is 23.5 Å². The number of pyridine rings is 3. The molecule has 15 rings (SSSR count). The molecule has 3 aliphatic heterocycles. The first-order valence-electron chi connectivity index (χ1n) is 28.5. The summed E-state index contributed by atoms with van der Waals surface area (Å²) in [5, 5.41) is 6.55. The zero-order valence-electron chi connectivity index (χ0n) is 49.7. The molecule has 452 valence electrons. The van der Waals surface area contributed by atoms with Crippen molar-refractivity contribution in [1.29, 1.82) is 0 Å². The van der Waals surface area contributed by atoms with Gasteiger partial charge in [-0.25, -0.2) is 38.7 Å². The van der Waals surface area contributed by atoms with Crippen LogP contribution < -0.4 is 37.7 Å². The van der Waals surface area contributed by atoms with Crippen LogP contribution in [0.2, 0.25) is 5.15 Å². The smallest absolute Gasteiger partial charge is 0.441 e. The van der Waals surface area contributed by atoms with E-state index >= 15 is 0 Å². The first kappa shape index (κ1) is 60.6. The maximum Gasteiger partial charge on any atom is 0.494 e. The Morgan fingerprint density at radius 2 is 0.920 bits per heavy atom. The van der Waals surface area contributed by atoms with E-state index in [-0.39, 0.29) is 34.6 Å². The average Bonchev–Trinajstić information content (AvgIpc) is 1.65. The number of hydrogen-bond acceptors (Lipinski definition) is 18. The summed E-state index contributed by atoms with van der Waals surface area (Å²) in [5.41, 5.74) is 9.11. The van der Waals surface area contributed by atoms with Crippen LogP contribution in [0, 0.1) is 32.4 Å². The first-order valence-corrected chi connectivity index (χ1v) is 28.9. The maximum atomic E-state index is 13.2. The fourth-order valence-electron chi connectivity index (χ4n) is 9.95. The van der Waals surface area contributed by atoms with Crippen molar-refractivity contribution in [1.82, 2.24) is 58.6 Å².